The molecule has 4 heteroatoms. The second-order valence-corrected chi connectivity index (χ2v) is 4.54. The summed E-state index contributed by atoms with van der Waals surface area (Å²) >= 11 is 0. The van der Waals surface area contributed by atoms with Crippen molar-refractivity contribution in [3.8, 4) is 0 Å². The molecule has 4 nitrogen and oxygen atoms in total. The van der Waals surface area contributed by atoms with Crippen LogP contribution in [0.4, 0.5) is 0 Å². The monoisotopic (exact) mass is 221 g/mol. The van der Waals surface area contributed by atoms with Gasteiger partial charge >= 0.3 is 0 Å². The number of hydrogen-bond donors (Lipinski definition) is 2. The zero-order valence-electron chi connectivity index (χ0n) is 10.1. The third-order valence-corrected chi connectivity index (χ3v) is 2.50. The van der Waals surface area contributed by atoms with Crippen LogP contribution < -0.4 is 11.1 Å². The van der Waals surface area contributed by atoms with Crippen molar-refractivity contribution in [2.24, 2.45) is 11.1 Å². The number of nitrogens with two attached hydrogens (primary N) is 1. The molecule has 0 saturated carbocycles. The molecule has 16 heavy (non-hydrogen) atoms. The summed E-state index contributed by atoms with van der Waals surface area (Å²) in [6, 6.07) is 5.75. The third kappa shape index (κ3) is 3.31. The predicted octanol–water partition coefficient (Wildman–Crippen LogP) is 0.991. The lowest BCUT2D eigenvalue weighted by Gasteiger charge is -2.21. The van der Waals surface area contributed by atoms with Gasteiger partial charge < -0.3 is 11.1 Å². The maximum absolute atomic E-state index is 11.7. The summed E-state index contributed by atoms with van der Waals surface area (Å²) < 4.78 is 0. The Morgan fingerprint density at radius 1 is 1.50 bits per heavy atom. The van der Waals surface area contributed by atoms with Gasteiger partial charge in [-0.1, -0.05) is 6.07 Å². The Bertz CT molecular complexity index is 374. The molecule has 1 rings (SSSR count). The first kappa shape index (κ1) is 12.6. The highest BCUT2D eigenvalue weighted by atomic mass is 16.2. The number of nitrogens with zero attached hydrogens (tertiary/aromatic N) is 1. The van der Waals surface area contributed by atoms with Crippen molar-refractivity contribution in [2.45, 2.75) is 27.3 Å². The first-order valence-corrected chi connectivity index (χ1v) is 5.36. The fourth-order valence-corrected chi connectivity index (χ4v) is 1.20. The van der Waals surface area contributed by atoms with Gasteiger partial charge in [0.1, 0.15) is 0 Å². The van der Waals surface area contributed by atoms with E-state index >= 15 is 0 Å². The van der Waals surface area contributed by atoms with Gasteiger partial charge in [-0.05, 0) is 32.9 Å². The van der Waals surface area contributed by atoms with Crippen LogP contribution in [0.3, 0.4) is 0 Å². The molecule has 0 unspecified atom stereocenters. The number of carbonyl (C=O) groups excluding carboxylic acids is 1. The molecule has 0 atom stereocenters. The maximum atomic E-state index is 11.7. The Morgan fingerprint density at radius 3 is 2.75 bits per heavy atom. The number of aromatic nitrogens is 1. The number of carbonyl (C=O) groups is 1. The Hall–Kier alpha value is -1.42. The summed E-state index contributed by atoms with van der Waals surface area (Å²) in [6.07, 6.45) is 0. The lowest BCUT2D eigenvalue weighted by atomic mass is 9.93. The van der Waals surface area contributed by atoms with Crippen LogP contribution in [0.15, 0.2) is 18.2 Å². The molecular weight excluding hydrogens is 202 g/mol. The number of pyridine rings is 1. The van der Waals surface area contributed by atoms with Crippen molar-refractivity contribution >= 4 is 5.91 Å². The molecule has 0 aliphatic carbocycles. The van der Waals surface area contributed by atoms with Gasteiger partial charge in [0.2, 0.25) is 5.91 Å². The SMILES string of the molecule is Cc1cccc(CNC(=O)C(C)(C)CN)n1. The zero-order valence-corrected chi connectivity index (χ0v) is 10.1. The molecule has 0 aliphatic rings. The minimum atomic E-state index is -0.524. The van der Waals surface area contributed by atoms with Crippen LogP contribution in [0.2, 0.25) is 0 Å². The van der Waals surface area contributed by atoms with Crippen molar-refractivity contribution < 1.29 is 4.79 Å². The highest BCUT2D eigenvalue weighted by molar-refractivity contribution is 5.81. The fraction of sp³-hybridized carbons (Fsp3) is 0.500. The smallest absolute Gasteiger partial charge is 0.227 e. The maximum Gasteiger partial charge on any atom is 0.227 e. The molecule has 0 spiro atoms. The Balaban J connectivity index is 2.56. The van der Waals surface area contributed by atoms with Crippen LogP contribution in [0.5, 0.6) is 0 Å². The van der Waals surface area contributed by atoms with Gasteiger partial charge in [-0.2, -0.15) is 0 Å². The summed E-state index contributed by atoms with van der Waals surface area (Å²) in [6.45, 7) is 6.36. The van der Waals surface area contributed by atoms with E-state index in [-0.39, 0.29) is 5.91 Å². The van der Waals surface area contributed by atoms with E-state index < -0.39 is 5.41 Å². The molecule has 1 heterocycles. The molecule has 1 amide bonds. The van der Waals surface area contributed by atoms with Gasteiger partial charge in [0.05, 0.1) is 17.7 Å². The van der Waals surface area contributed by atoms with Gasteiger partial charge in [0, 0.05) is 12.2 Å². The van der Waals surface area contributed by atoms with Gasteiger partial charge in [0.15, 0.2) is 0 Å². The van der Waals surface area contributed by atoms with E-state index in [9.17, 15) is 4.79 Å². The average Bonchev–Trinajstić information content (AvgIpc) is 2.26. The fourth-order valence-electron chi connectivity index (χ4n) is 1.20. The summed E-state index contributed by atoms with van der Waals surface area (Å²) in [7, 11) is 0. The van der Waals surface area contributed by atoms with E-state index in [0.29, 0.717) is 13.1 Å². The summed E-state index contributed by atoms with van der Waals surface area (Å²) in [4.78, 5) is 16.0. The van der Waals surface area contributed by atoms with Crippen LogP contribution >= 0.6 is 0 Å². The van der Waals surface area contributed by atoms with Crippen LogP contribution in [0.25, 0.3) is 0 Å². The van der Waals surface area contributed by atoms with Crippen LogP contribution in [0.1, 0.15) is 25.2 Å². The molecule has 88 valence electrons. The lowest BCUT2D eigenvalue weighted by molar-refractivity contribution is -0.129. The molecular formula is C12H19N3O. The number of rotatable bonds is 4. The van der Waals surface area contributed by atoms with Gasteiger partial charge in [-0.15, -0.1) is 0 Å². The van der Waals surface area contributed by atoms with E-state index in [2.05, 4.69) is 10.3 Å². The average molecular weight is 221 g/mol. The molecule has 0 radical (unpaired) electrons. The Labute approximate surface area is 96.3 Å². The number of nitrogens with one attached hydrogen (secondary N) is 1. The van der Waals surface area contributed by atoms with Crippen molar-refractivity contribution in [3.05, 3.63) is 29.6 Å². The normalized spacial score (nSPS) is 11.2. The van der Waals surface area contributed by atoms with E-state index in [1.165, 1.54) is 0 Å². The molecule has 0 aliphatic heterocycles. The topological polar surface area (TPSA) is 68.0 Å². The van der Waals surface area contributed by atoms with Crippen molar-refractivity contribution in [2.75, 3.05) is 6.54 Å². The number of hydrogen-bond acceptors (Lipinski definition) is 3. The standard InChI is InChI=1S/C12H19N3O/c1-9-5-4-6-10(15-9)7-14-11(16)12(2,3)8-13/h4-6H,7-8,13H2,1-3H3,(H,14,16). The summed E-state index contributed by atoms with van der Waals surface area (Å²) in [5.74, 6) is -0.0432. The van der Waals surface area contributed by atoms with Gasteiger partial charge in [-0.3, -0.25) is 9.78 Å². The van der Waals surface area contributed by atoms with Crippen LogP contribution in [-0.2, 0) is 11.3 Å². The molecule has 0 fully saturated rings. The molecule has 0 bridgehead atoms. The zero-order chi connectivity index (χ0) is 12.2. The first-order chi connectivity index (χ1) is 7.45. The summed E-state index contributed by atoms with van der Waals surface area (Å²) in [5, 5.41) is 2.84. The van der Waals surface area contributed by atoms with Crippen molar-refractivity contribution in [3.63, 3.8) is 0 Å². The Morgan fingerprint density at radius 2 is 2.19 bits per heavy atom. The second-order valence-electron chi connectivity index (χ2n) is 4.54. The van der Waals surface area contributed by atoms with Crippen molar-refractivity contribution in [1.29, 1.82) is 0 Å². The molecule has 3 N–H and O–H groups in total. The molecule has 1 aromatic rings. The van der Waals surface area contributed by atoms with Gasteiger partial charge in [-0.25, -0.2) is 0 Å². The number of aryl methyl sites for hydroxylation is 1. The highest BCUT2D eigenvalue weighted by Gasteiger charge is 2.25. The molecule has 0 aromatic carbocycles. The molecule has 1 aromatic heterocycles. The highest BCUT2D eigenvalue weighted by Crippen LogP contribution is 2.12. The van der Waals surface area contributed by atoms with E-state index in [1.54, 1.807) is 0 Å². The van der Waals surface area contributed by atoms with E-state index in [1.807, 2.05) is 39.0 Å². The van der Waals surface area contributed by atoms with E-state index in [4.69, 9.17) is 5.73 Å². The minimum absolute atomic E-state index is 0.0432. The van der Waals surface area contributed by atoms with Gasteiger partial charge in [0.25, 0.3) is 0 Å². The minimum Gasteiger partial charge on any atom is -0.350 e. The second kappa shape index (κ2) is 5.07. The summed E-state index contributed by atoms with van der Waals surface area (Å²) in [5.41, 5.74) is 6.81. The first-order valence-electron chi connectivity index (χ1n) is 5.36. The van der Waals surface area contributed by atoms with Crippen LogP contribution in [0, 0.1) is 12.3 Å². The lowest BCUT2D eigenvalue weighted by Crippen LogP contribution is -2.41. The largest absolute Gasteiger partial charge is 0.350 e. The number of amides is 1. The molecule has 0 saturated heterocycles. The third-order valence-electron chi connectivity index (χ3n) is 2.50. The predicted molar refractivity (Wildman–Crippen MR) is 63.7 cm³/mol. The van der Waals surface area contributed by atoms with E-state index in [0.717, 1.165) is 11.4 Å². The Kier molecular flexibility index (Phi) is 4.01. The van der Waals surface area contributed by atoms with Crippen LogP contribution in [-0.4, -0.2) is 17.4 Å². The van der Waals surface area contributed by atoms with Crippen molar-refractivity contribution in [1.82, 2.24) is 10.3 Å². The quantitative estimate of drug-likeness (QED) is 0.796.